The molecule has 1 aromatic carbocycles. The fraction of sp³-hybridized carbons (Fsp3) is 0.500. The molecule has 10 nitrogen and oxygen atoms in total. The van der Waals surface area contributed by atoms with Gasteiger partial charge in [0.15, 0.2) is 5.96 Å². The first-order valence-electron chi connectivity index (χ1n) is 8.88. The summed E-state index contributed by atoms with van der Waals surface area (Å²) in [5.74, 6) is -1.66. The van der Waals surface area contributed by atoms with Gasteiger partial charge in [-0.15, -0.1) is 0 Å². The Morgan fingerprint density at radius 1 is 1.21 bits per heavy atom. The quantitative estimate of drug-likeness (QED) is 0.318. The number of carbonyl (C=O) groups excluding carboxylic acids is 1. The highest BCUT2D eigenvalue weighted by Gasteiger charge is 2.41. The predicted octanol–water partition coefficient (Wildman–Crippen LogP) is 1.43. The number of rotatable bonds is 8. The number of ether oxygens (including phenoxy) is 1. The van der Waals surface area contributed by atoms with Crippen molar-refractivity contribution in [3.8, 4) is 0 Å². The Morgan fingerprint density at radius 2 is 1.76 bits per heavy atom. The largest absolute Gasteiger partial charge is 0.480 e. The molecule has 5 N–H and O–H groups in total. The van der Waals surface area contributed by atoms with Crippen LogP contribution < -0.4 is 11.5 Å². The van der Waals surface area contributed by atoms with Gasteiger partial charge in [0, 0.05) is 6.54 Å². The van der Waals surface area contributed by atoms with Crippen LogP contribution in [0.25, 0.3) is 0 Å². The van der Waals surface area contributed by atoms with Gasteiger partial charge < -0.3 is 21.3 Å². The Labute approximate surface area is 170 Å². The Hall–Kier alpha value is -2.82. The van der Waals surface area contributed by atoms with Gasteiger partial charge >= 0.3 is 12.1 Å². The van der Waals surface area contributed by atoms with E-state index in [1.54, 1.807) is 39.8 Å². The molecule has 11 heteroatoms. The number of nitrogens with two attached hydrogens (primary N) is 2. The molecule has 0 saturated heterocycles. The fourth-order valence-electron chi connectivity index (χ4n) is 2.36. The number of guanidine groups is 1. The van der Waals surface area contributed by atoms with E-state index >= 15 is 0 Å². The molecule has 0 aromatic heterocycles. The van der Waals surface area contributed by atoms with Gasteiger partial charge in [-0.3, -0.25) is 4.99 Å². The molecule has 0 aliphatic carbocycles. The average molecular weight is 429 g/mol. The number of benzene rings is 1. The number of aliphatic imine (C=N–C) groups is 1. The third-order valence-electron chi connectivity index (χ3n) is 3.65. The van der Waals surface area contributed by atoms with E-state index < -0.39 is 33.7 Å². The molecule has 0 aliphatic rings. The smallest absolute Gasteiger partial charge is 0.425 e. The SMILES string of the molecule is Cc1ccc(S(=O)(=O)N(C(=O)OC(C)(C)C)[C@H](CCCN=C(N)N)C(=O)O)cc1. The third-order valence-corrected chi connectivity index (χ3v) is 5.44. The van der Waals surface area contributed by atoms with Crippen LogP contribution in [0.15, 0.2) is 34.2 Å². The Morgan fingerprint density at radius 3 is 2.21 bits per heavy atom. The minimum Gasteiger partial charge on any atom is -0.480 e. The third kappa shape index (κ3) is 7.26. The lowest BCUT2D eigenvalue weighted by atomic mass is 10.1. The van der Waals surface area contributed by atoms with Gasteiger partial charge in [0.2, 0.25) is 0 Å². The van der Waals surface area contributed by atoms with E-state index in [1.165, 1.54) is 12.1 Å². The van der Waals surface area contributed by atoms with Gasteiger partial charge in [-0.1, -0.05) is 17.7 Å². The second-order valence-corrected chi connectivity index (χ2v) is 9.21. The monoisotopic (exact) mass is 428 g/mol. The molecule has 0 spiro atoms. The van der Waals surface area contributed by atoms with E-state index in [1.807, 2.05) is 0 Å². The standard InChI is InChI=1S/C18H28N4O6S/c1-12-7-9-13(10-8-12)29(26,27)22(17(25)28-18(2,3)4)14(15(23)24)6-5-11-21-16(19)20/h7-10,14H,5-6,11H2,1-4H3,(H,23,24)(H4,19,20,21)/t14-/m1/s1. The first-order valence-corrected chi connectivity index (χ1v) is 10.3. The highest BCUT2D eigenvalue weighted by molar-refractivity contribution is 7.89. The van der Waals surface area contributed by atoms with Crippen molar-refractivity contribution in [1.82, 2.24) is 4.31 Å². The average Bonchev–Trinajstić information content (AvgIpc) is 2.55. The van der Waals surface area contributed by atoms with Crippen molar-refractivity contribution >= 4 is 28.0 Å². The molecular formula is C18H28N4O6S. The minimum absolute atomic E-state index is 0.0822. The normalized spacial score (nSPS) is 12.7. The number of hydrogen-bond donors (Lipinski definition) is 3. The molecule has 1 atom stereocenters. The van der Waals surface area contributed by atoms with Crippen molar-refractivity contribution in [1.29, 1.82) is 0 Å². The van der Waals surface area contributed by atoms with E-state index in [0.717, 1.165) is 5.56 Å². The zero-order valence-electron chi connectivity index (χ0n) is 17.0. The molecule has 0 saturated carbocycles. The van der Waals surface area contributed by atoms with Crippen LogP contribution in [0.2, 0.25) is 0 Å². The summed E-state index contributed by atoms with van der Waals surface area (Å²) >= 11 is 0. The molecule has 0 fully saturated rings. The van der Waals surface area contributed by atoms with Gasteiger partial charge in [-0.25, -0.2) is 18.0 Å². The van der Waals surface area contributed by atoms with Gasteiger partial charge in [-0.05, 0) is 52.7 Å². The lowest BCUT2D eigenvalue weighted by Gasteiger charge is -2.30. The van der Waals surface area contributed by atoms with E-state index in [2.05, 4.69) is 4.99 Å². The second-order valence-electron chi connectivity index (χ2n) is 7.40. The number of hydrogen-bond acceptors (Lipinski definition) is 6. The van der Waals surface area contributed by atoms with Crippen LogP contribution in [0.3, 0.4) is 0 Å². The summed E-state index contributed by atoms with van der Waals surface area (Å²) in [4.78, 5) is 28.1. The summed E-state index contributed by atoms with van der Waals surface area (Å²) in [5, 5.41) is 9.65. The first kappa shape index (κ1) is 24.2. The van der Waals surface area contributed by atoms with Crippen molar-refractivity contribution in [2.45, 2.75) is 57.1 Å². The maximum Gasteiger partial charge on any atom is 0.425 e. The Bertz CT molecular complexity index is 855. The number of carboxylic acid groups (broad SMARTS) is 1. The molecule has 29 heavy (non-hydrogen) atoms. The summed E-state index contributed by atoms with van der Waals surface area (Å²) in [5.41, 5.74) is 10.2. The number of aryl methyl sites for hydroxylation is 1. The van der Waals surface area contributed by atoms with Crippen molar-refractivity contribution in [2.75, 3.05) is 6.54 Å². The molecule has 0 radical (unpaired) electrons. The molecule has 0 bridgehead atoms. The summed E-state index contributed by atoms with van der Waals surface area (Å²) in [6.07, 6.45) is -1.33. The van der Waals surface area contributed by atoms with Crippen molar-refractivity contribution < 1.29 is 27.9 Å². The number of sulfonamides is 1. The van der Waals surface area contributed by atoms with Crippen molar-refractivity contribution in [2.24, 2.45) is 16.5 Å². The fourth-order valence-corrected chi connectivity index (χ4v) is 3.83. The summed E-state index contributed by atoms with van der Waals surface area (Å²) in [6, 6.07) is 4.02. The summed E-state index contributed by atoms with van der Waals surface area (Å²) < 4.78 is 31.8. The van der Waals surface area contributed by atoms with E-state index in [9.17, 15) is 23.1 Å². The second kappa shape index (κ2) is 9.59. The minimum atomic E-state index is -4.49. The number of aliphatic carboxylic acids is 1. The molecular weight excluding hydrogens is 400 g/mol. The number of amides is 1. The number of carbonyl (C=O) groups is 2. The van der Waals surface area contributed by atoms with Crippen LogP contribution in [0, 0.1) is 6.92 Å². The molecule has 0 aliphatic heterocycles. The van der Waals surface area contributed by atoms with Crippen molar-refractivity contribution in [3.05, 3.63) is 29.8 Å². The van der Waals surface area contributed by atoms with Crippen LogP contribution in [0.1, 0.15) is 39.2 Å². The molecule has 1 amide bonds. The van der Waals surface area contributed by atoms with Gasteiger partial charge in [0.1, 0.15) is 11.6 Å². The summed E-state index contributed by atoms with van der Waals surface area (Å²) in [6.45, 7) is 6.51. The van der Waals surface area contributed by atoms with Crippen LogP contribution in [0.5, 0.6) is 0 Å². The van der Waals surface area contributed by atoms with Gasteiger partial charge in [0.25, 0.3) is 10.0 Å². The lowest BCUT2D eigenvalue weighted by molar-refractivity contribution is -0.141. The maximum absolute atomic E-state index is 13.2. The summed E-state index contributed by atoms with van der Waals surface area (Å²) in [7, 11) is -4.49. The van der Waals surface area contributed by atoms with Gasteiger partial charge in [-0.2, -0.15) is 4.31 Å². The highest BCUT2D eigenvalue weighted by Crippen LogP contribution is 2.24. The Balaban J connectivity index is 3.36. The van der Waals surface area contributed by atoms with E-state index in [4.69, 9.17) is 16.2 Å². The predicted molar refractivity (Wildman–Crippen MR) is 108 cm³/mol. The van der Waals surface area contributed by atoms with Crippen LogP contribution in [-0.2, 0) is 19.6 Å². The molecule has 162 valence electrons. The Kier molecular flexibility index (Phi) is 8.01. The molecule has 0 heterocycles. The maximum atomic E-state index is 13.2. The zero-order chi connectivity index (χ0) is 22.4. The topological polar surface area (TPSA) is 165 Å². The van der Waals surface area contributed by atoms with Gasteiger partial charge in [0.05, 0.1) is 4.90 Å². The van der Waals surface area contributed by atoms with Crippen LogP contribution in [-0.4, -0.2) is 54.0 Å². The first-order chi connectivity index (χ1) is 13.3. The molecule has 1 aromatic rings. The highest BCUT2D eigenvalue weighted by atomic mass is 32.2. The molecule has 1 rings (SSSR count). The number of nitrogens with zero attached hydrogens (tertiary/aromatic N) is 2. The number of carboxylic acids is 1. The molecule has 0 unspecified atom stereocenters. The van der Waals surface area contributed by atoms with E-state index in [0.29, 0.717) is 0 Å². The zero-order valence-corrected chi connectivity index (χ0v) is 17.8. The van der Waals surface area contributed by atoms with Crippen LogP contribution in [0.4, 0.5) is 4.79 Å². The van der Waals surface area contributed by atoms with Crippen LogP contribution >= 0.6 is 0 Å². The lowest BCUT2D eigenvalue weighted by Crippen LogP contribution is -2.50. The van der Waals surface area contributed by atoms with E-state index in [-0.39, 0.29) is 34.5 Å². The van der Waals surface area contributed by atoms with Crippen molar-refractivity contribution in [3.63, 3.8) is 0 Å².